The van der Waals surface area contributed by atoms with Crippen LogP contribution in [0.3, 0.4) is 0 Å². The minimum absolute atomic E-state index is 0.155. The average Bonchev–Trinajstić information content (AvgIpc) is 2.81. The molecule has 2 atom stereocenters. The van der Waals surface area contributed by atoms with Gasteiger partial charge in [-0.15, -0.1) is 10.2 Å². The van der Waals surface area contributed by atoms with Crippen LogP contribution in [0.15, 0.2) is 36.9 Å². The molecular formula is C12H12N4O2. The Kier molecular flexibility index (Phi) is 2.55. The number of aromatic nitrogens is 3. The lowest BCUT2D eigenvalue weighted by molar-refractivity contribution is -0.384. The molecule has 1 aliphatic rings. The highest BCUT2D eigenvalue weighted by atomic mass is 16.6. The van der Waals surface area contributed by atoms with E-state index in [1.807, 2.05) is 10.6 Å². The number of hydrogen-bond acceptors (Lipinski definition) is 4. The Morgan fingerprint density at radius 3 is 2.67 bits per heavy atom. The van der Waals surface area contributed by atoms with E-state index in [0.717, 1.165) is 18.4 Å². The van der Waals surface area contributed by atoms with Crippen molar-refractivity contribution in [1.29, 1.82) is 0 Å². The molecule has 3 rings (SSSR count). The number of nitro benzene ring substituents is 1. The van der Waals surface area contributed by atoms with Crippen LogP contribution in [0, 0.1) is 10.1 Å². The zero-order chi connectivity index (χ0) is 12.5. The van der Waals surface area contributed by atoms with E-state index in [9.17, 15) is 10.1 Å². The van der Waals surface area contributed by atoms with Crippen molar-refractivity contribution in [1.82, 2.24) is 14.8 Å². The Labute approximate surface area is 103 Å². The third kappa shape index (κ3) is 1.75. The molecule has 1 fully saturated rings. The molecular weight excluding hydrogens is 232 g/mol. The number of hydrogen-bond donors (Lipinski definition) is 0. The van der Waals surface area contributed by atoms with Crippen molar-refractivity contribution < 1.29 is 4.92 Å². The van der Waals surface area contributed by atoms with Gasteiger partial charge in [-0.05, 0) is 18.4 Å². The molecule has 0 N–H and O–H groups in total. The highest BCUT2D eigenvalue weighted by Gasteiger charge is 2.34. The Balaban J connectivity index is 1.87. The van der Waals surface area contributed by atoms with E-state index in [2.05, 4.69) is 10.2 Å². The quantitative estimate of drug-likeness (QED) is 0.613. The fraction of sp³-hybridized carbons (Fsp3) is 0.333. The van der Waals surface area contributed by atoms with E-state index in [-0.39, 0.29) is 10.6 Å². The molecule has 2 aromatic rings. The van der Waals surface area contributed by atoms with E-state index < -0.39 is 0 Å². The molecule has 1 saturated carbocycles. The first kappa shape index (κ1) is 10.9. The zero-order valence-electron chi connectivity index (χ0n) is 9.64. The van der Waals surface area contributed by atoms with Gasteiger partial charge >= 0.3 is 0 Å². The number of nitro groups is 1. The van der Waals surface area contributed by atoms with Crippen molar-refractivity contribution in [3.8, 4) is 0 Å². The third-order valence-corrected chi connectivity index (χ3v) is 3.57. The van der Waals surface area contributed by atoms with E-state index in [4.69, 9.17) is 0 Å². The molecule has 92 valence electrons. The highest BCUT2D eigenvalue weighted by Crippen LogP contribution is 2.46. The largest absolute Gasteiger partial charge is 0.316 e. The lowest BCUT2D eigenvalue weighted by atomic mass is 9.75. The predicted octanol–water partition coefficient (Wildman–Crippen LogP) is 2.30. The first-order valence-corrected chi connectivity index (χ1v) is 5.84. The van der Waals surface area contributed by atoms with E-state index in [1.54, 1.807) is 24.8 Å². The van der Waals surface area contributed by atoms with Gasteiger partial charge in [-0.3, -0.25) is 10.1 Å². The zero-order valence-corrected chi connectivity index (χ0v) is 9.64. The molecule has 0 bridgehead atoms. The first-order chi connectivity index (χ1) is 8.75. The molecule has 18 heavy (non-hydrogen) atoms. The third-order valence-electron chi connectivity index (χ3n) is 3.57. The van der Waals surface area contributed by atoms with Crippen LogP contribution in [-0.2, 0) is 0 Å². The van der Waals surface area contributed by atoms with Gasteiger partial charge < -0.3 is 4.57 Å². The molecule has 1 aromatic carbocycles. The molecule has 1 aliphatic carbocycles. The Hall–Kier alpha value is -2.24. The van der Waals surface area contributed by atoms with Gasteiger partial charge in [0.2, 0.25) is 0 Å². The van der Waals surface area contributed by atoms with Crippen LogP contribution in [0.4, 0.5) is 5.69 Å². The van der Waals surface area contributed by atoms with Crippen LogP contribution in [-0.4, -0.2) is 19.7 Å². The highest BCUT2D eigenvalue weighted by molar-refractivity contribution is 5.37. The average molecular weight is 244 g/mol. The molecule has 0 saturated heterocycles. The maximum absolute atomic E-state index is 10.8. The lowest BCUT2D eigenvalue weighted by Crippen LogP contribution is -2.26. The summed E-state index contributed by atoms with van der Waals surface area (Å²) >= 11 is 0. The summed E-state index contributed by atoms with van der Waals surface area (Å²) < 4.78 is 1.98. The van der Waals surface area contributed by atoms with Gasteiger partial charge in [0.05, 0.1) is 4.92 Å². The molecule has 6 nitrogen and oxygen atoms in total. The first-order valence-electron chi connectivity index (χ1n) is 5.84. The molecule has 1 aromatic heterocycles. The van der Waals surface area contributed by atoms with Crippen molar-refractivity contribution in [2.24, 2.45) is 0 Å². The fourth-order valence-corrected chi connectivity index (χ4v) is 2.48. The summed E-state index contributed by atoms with van der Waals surface area (Å²) in [7, 11) is 0. The summed E-state index contributed by atoms with van der Waals surface area (Å²) in [5.41, 5.74) is 1.18. The standard InChI is InChI=1S/C12H12N4O2/c17-16(18)10-3-1-2-9(6-10)11-4-5-12(11)15-7-13-14-8-15/h1-3,6-8,11-12H,4-5H2. The molecule has 0 amide bonds. The van der Waals surface area contributed by atoms with Crippen LogP contribution >= 0.6 is 0 Å². The minimum atomic E-state index is -0.351. The maximum Gasteiger partial charge on any atom is 0.269 e. The second-order valence-corrected chi connectivity index (χ2v) is 4.51. The number of benzene rings is 1. The fourth-order valence-electron chi connectivity index (χ4n) is 2.48. The Morgan fingerprint density at radius 2 is 2.06 bits per heavy atom. The van der Waals surface area contributed by atoms with Crippen molar-refractivity contribution in [3.05, 3.63) is 52.6 Å². The van der Waals surface area contributed by atoms with Crippen molar-refractivity contribution in [2.45, 2.75) is 24.8 Å². The summed E-state index contributed by atoms with van der Waals surface area (Å²) in [6.07, 6.45) is 5.51. The van der Waals surface area contributed by atoms with Crippen LogP contribution in [0.1, 0.15) is 30.4 Å². The molecule has 6 heteroatoms. The smallest absolute Gasteiger partial charge is 0.269 e. The van der Waals surface area contributed by atoms with Gasteiger partial charge in [-0.25, -0.2) is 0 Å². The van der Waals surface area contributed by atoms with E-state index in [0.29, 0.717) is 12.0 Å². The predicted molar refractivity (Wildman–Crippen MR) is 64.1 cm³/mol. The summed E-state index contributed by atoms with van der Waals surface area (Å²) in [6, 6.07) is 7.21. The van der Waals surface area contributed by atoms with E-state index in [1.165, 1.54) is 6.07 Å². The molecule has 2 unspecified atom stereocenters. The molecule has 0 radical (unpaired) electrons. The molecule has 1 heterocycles. The lowest BCUT2D eigenvalue weighted by Gasteiger charge is -2.37. The molecule has 0 spiro atoms. The van der Waals surface area contributed by atoms with Gasteiger partial charge in [0.1, 0.15) is 12.7 Å². The summed E-state index contributed by atoms with van der Waals surface area (Å²) in [5, 5.41) is 18.4. The second-order valence-electron chi connectivity index (χ2n) is 4.51. The van der Waals surface area contributed by atoms with Crippen LogP contribution in [0.5, 0.6) is 0 Å². The van der Waals surface area contributed by atoms with Gasteiger partial charge in [-0.2, -0.15) is 0 Å². The van der Waals surface area contributed by atoms with Crippen molar-refractivity contribution >= 4 is 5.69 Å². The van der Waals surface area contributed by atoms with Crippen LogP contribution in [0.25, 0.3) is 0 Å². The van der Waals surface area contributed by atoms with E-state index >= 15 is 0 Å². The maximum atomic E-state index is 10.8. The normalized spacial score (nSPS) is 22.4. The summed E-state index contributed by atoms with van der Waals surface area (Å²) in [5.74, 6) is 0.320. The van der Waals surface area contributed by atoms with Gasteiger partial charge in [-0.1, -0.05) is 12.1 Å². The minimum Gasteiger partial charge on any atom is -0.316 e. The topological polar surface area (TPSA) is 73.8 Å². The number of rotatable bonds is 3. The Bertz CT molecular complexity index is 567. The van der Waals surface area contributed by atoms with Gasteiger partial charge in [0.25, 0.3) is 5.69 Å². The van der Waals surface area contributed by atoms with Gasteiger partial charge in [0.15, 0.2) is 0 Å². The second kappa shape index (κ2) is 4.21. The monoisotopic (exact) mass is 244 g/mol. The van der Waals surface area contributed by atoms with Crippen LogP contribution in [0.2, 0.25) is 0 Å². The number of nitrogens with zero attached hydrogens (tertiary/aromatic N) is 4. The van der Waals surface area contributed by atoms with Crippen molar-refractivity contribution in [2.75, 3.05) is 0 Å². The summed E-state index contributed by atoms with van der Waals surface area (Å²) in [4.78, 5) is 10.4. The van der Waals surface area contributed by atoms with Crippen LogP contribution < -0.4 is 0 Å². The van der Waals surface area contributed by atoms with Crippen molar-refractivity contribution in [3.63, 3.8) is 0 Å². The number of non-ortho nitro benzene ring substituents is 1. The molecule has 0 aliphatic heterocycles. The Morgan fingerprint density at radius 1 is 1.28 bits per heavy atom. The van der Waals surface area contributed by atoms with Gasteiger partial charge in [0, 0.05) is 24.1 Å². The summed E-state index contributed by atoms with van der Waals surface area (Å²) in [6.45, 7) is 0. The SMILES string of the molecule is O=[N+]([O-])c1cccc(C2CCC2n2cnnc2)c1.